The van der Waals surface area contributed by atoms with Crippen LogP contribution in [0.3, 0.4) is 0 Å². The second kappa shape index (κ2) is 7.71. The number of ether oxygens (including phenoxy) is 1. The predicted octanol–water partition coefficient (Wildman–Crippen LogP) is 2.89. The van der Waals surface area contributed by atoms with Gasteiger partial charge in [0, 0.05) is 5.92 Å². The lowest BCUT2D eigenvalue weighted by Gasteiger charge is -2.28. The van der Waals surface area contributed by atoms with Gasteiger partial charge < -0.3 is 10.1 Å². The quantitative estimate of drug-likeness (QED) is 0.646. The van der Waals surface area contributed by atoms with Crippen LogP contribution >= 0.6 is 0 Å². The van der Waals surface area contributed by atoms with Gasteiger partial charge in [-0.05, 0) is 43.2 Å². The number of benzene rings is 2. The highest BCUT2D eigenvalue weighted by Gasteiger charge is 2.31. The van der Waals surface area contributed by atoms with Crippen LogP contribution in [0.15, 0.2) is 60.7 Å². The van der Waals surface area contributed by atoms with Gasteiger partial charge in [0.15, 0.2) is 12.3 Å². The summed E-state index contributed by atoms with van der Waals surface area (Å²) in [5.74, 6) is -1.04. The first-order valence-electron chi connectivity index (χ1n) is 10.1. The molecule has 1 aromatic heterocycles. The molecule has 0 unspecified atom stereocenters. The van der Waals surface area contributed by atoms with Gasteiger partial charge in [-0.2, -0.15) is 5.10 Å². The highest BCUT2D eigenvalue weighted by molar-refractivity contribution is 6.10. The number of aromatic nitrogens is 2. The van der Waals surface area contributed by atoms with Gasteiger partial charge in [0.25, 0.3) is 5.91 Å². The first-order chi connectivity index (χ1) is 15.1. The van der Waals surface area contributed by atoms with Crippen molar-refractivity contribution in [1.29, 1.82) is 0 Å². The number of carbonyl (C=O) groups is 3. The molecule has 2 heterocycles. The summed E-state index contributed by atoms with van der Waals surface area (Å²) in [5.41, 5.74) is 3.00. The minimum Gasteiger partial charge on any atom is -0.451 e. The summed E-state index contributed by atoms with van der Waals surface area (Å²) in [6.07, 6.45) is 2.10. The molecule has 3 aromatic rings. The summed E-state index contributed by atoms with van der Waals surface area (Å²) < 4.78 is 6.91. The van der Waals surface area contributed by atoms with Crippen LogP contribution in [0.5, 0.6) is 0 Å². The molecule has 5 rings (SSSR count). The second-order valence-electron chi connectivity index (χ2n) is 7.60. The summed E-state index contributed by atoms with van der Waals surface area (Å²) in [6.45, 7) is -0.597. The van der Waals surface area contributed by atoms with Gasteiger partial charge in [0.2, 0.25) is 5.91 Å². The van der Waals surface area contributed by atoms with Crippen molar-refractivity contribution in [2.75, 3.05) is 23.4 Å². The highest BCUT2D eigenvalue weighted by atomic mass is 16.5. The molecule has 1 fully saturated rings. The topological polar surface area (TPSA) is 93.5 Å². The lowest BCUT2D eigenvalue weighted by molar-refractivity contribution is -0.124. The van der Waals surface area contributed by atoms with Gasteiger partial charge in [-0.1, -0.05) is 30.3 Å². The van der Waals surface area contributed by atoms with E-state index in [-0.39, 0.29) is 18.1 Å². The standard InChI is InChI=1S/C23H20N4O4/c28-21-13-26(19-9-5-4-8-17(19)24-21)22(29)14-31-23(30)20-12-18(15-10-11-15)25-27(20)16-6-2-1-3-7-16/h1-9,12,15H,10-11,13-14H2,(H,24,28). The van der Waals surface area contributed by atoms with Crippen LogP contribution in [0.4, 0.5) is 11.4 Å². The van der Waals surface area contributed by atoms with E-state index < -0.39 is 18.5 Å². The monoisotopic (exact) mass is 416 g/mol. The Kier molecular flexibility index (Phi) is 4.74. The third kappa shape index (κ3) is 3.79. The van der Waals surface area contributed by atoms with E-state index in [9.17, 15) is 14.4 Å². The average molecular weight is 416 g/mol. The molecular weight excluding hydrogens is 396 g/mol. The Labute approximate surface area is 178 Å². The number of nitrogens with one attached hydrogen (secondary N) is 1. The Morgan fingerprint density at radius 2 is 1.81 bits per heavy atom. The van der Waals surface area contributed by atoms with Gasteiger partial charge in [0.05, 0.1) is 22.8 Å². The second-order valence-corrected chi connectivity index (χ2v) is 7.60. The number of fused-ring (bicyclic) bond motifs is 1. The highest BCUT2D eigenvalue weighted by Crippen LogP contribution is 2.39. The van der Waals surface area contributed by atoms with E-state index >= 15 is 0 Å². The number of hydrogen-bond donors (Lipinski definition) is 1. The summed E-state index contributed by atoms with van der Waals surface area (Å²) >= 11 is 0. The van der Waals surface area contributed by atoms with Crippen LogP contribution in [0.1, 0.15) is 34.9 Å². The Bertz CT molecular complexity index is 1170. The van der Waals surface area contributed by atoms with Gasteiger partial charge in [-0.25, -0.2) is 9.48 Å². The van der Waals surface area contributed by atoms with E-state index in [0.717, 1.165) is 24.2 Å². The average Bonchev–Trinajstić information content (AvgIpc) is 3.55. The molecule has 1 N–H and O–H groups in total. The molecule has 1 aliphatic heterocycles. The molecule has 8 nitrogen and oxygen atoms in total. The molecule has 0 bridgehead atoms. The minimum absolute atomic E-state index is 0.124. The zero-order chi connectivity index (χ0) is 21.4. The number of nitrogens with zero attached hydrogens (tertiary/aromatic N) is 3. The number of para-hydroxylation sites is 3. The molecule has 8 heteroatoms. The van der Waals surface area contributed by atoms with Crippen LogP contribution in [-0.4, -0.2) is 40.7 Å². The molecule has 2 aromatic carbocycles. The van der Waals surface area contributed by atoms with Crippen molar-refractivity contribution in [3.05, 3.63) is 72.1 Å². The summed E-state index contributed by atoms with van der Waals surface area (Å²) in [7, 11) is 0. The largest absolute Gasteiger partial charge is 0.451 e. The number of anilines is 2. The predicted molar refractivity (Wildman–Crippen MR) is 113 cm³/mol. The molecule has 1 saturated carbocycles. The molecular formula is C23H20N4O4. The van der Waals surface area contributed by atoms with Gasteiger partial charge in [-0.3, -0.25) is 14.5 Å². The van der Waals surface area contributed by atoms with Crippen molar-refractivity contribution in [3.8, 4) is 5.69 Å². The van der Waals surface area contributed by atoms with Crippen molar-refractivity contribution in [2.45, 2.75) is 18.8 Å². The Hall–Kier alpha value is -3.94. The minimum atomic E-state index is -0.633. The van der Waals surface area contributed by atoms with Gasteiger partial charge >= 0.3 is 5.97 Å². The maximum absolute atomic E-state index is 12.9. The molecule has 0 spiro atoms. The summed E-state index contributed by atoms with van der Waals surface area (Å²) in [5, 5.41) is 7.32. The first-order valence-corrected chi connectivity index (χ1v) is 10.1. The number of rotatable bonds is 5. The van der Waals surface area contributed by atoms with Crippen LogP contribution in [0.25, 0.3) is 5.69 Å². The number of carbonyl (C=O) groups excluding carboxylic acids is 3. The molecule has 0 radical (unpaired) electrons. The molecule has 0 atom stereocenters. The molecule has 156 valence electrons. The van der Waals surface area contributed by atoms with E-state index in [4.69, 9.17) is 4.74 Å². The maximum atomic E-state index is 12.9. The smallest absolute Gasteiger partial charge is 0.357 e. The third-order valence-corrected chi connectivity index (χ3v) is 5.33. The van der Waals surface area contributed by atoms with Gasteiger partial charge in [0.1, 0.15) is 6.54 Å². The van der Waals surface area contributed by atoms with E-state index in [1.165, 1.54) is 4.90 Å². The molecule has 31 heavy (non-hydrogen) atoms. The number of amides is 2. The lowest BCUT2D eigenvalue weighted by atomic mass is 10.2. The molecule has 2 aliphatic rings. The first kappa shape index (κ1) is 19.0. The lowest BCUT2D eigenvalue weighted by Crippen LogP contribution is -2.44. The van der Waals surface area contributed by atoms with Crippen LogP contribution in [0.2, 0.25) is 0 Å². The van der Waals surface area contributed by atoms with Crippen LogP contribution in [0, 0.1) is 0 Å². The van der Waals surface area contributed by atoms with Crippen LogP contribution in [-0.2, 0) is 14.3 Å². The maximum Gasteiger partial charge on any atom is 0.357 e. The number of hydrogen-bond acceptors (Lipinski definition) is 5. The molecule has 0 saturated heterocycles. The Balaban J connectivity index is 1.34. The van der Waals surface area contributed by atoms with Crippen molar-refractivity contribution in [1.82, 2.24) is 9.78 Å². The van der Waals surface area contributed by atoms with E-state index in [1.807, 2.05) is 30.3 Å². The third-order valence-electron chi connectivity index (χ3n) is 5.33. The fraction of sp³-hybridized carbons (Fsp3) is 0.217. The normalized spacial score (nSPS) is 15.2. The zero-order valence-corrected chi connectivity index (χ0v) is 16.7. The number of esters is 1. The van der Waals surface area contributed by atoms with Crippen molar-refractivity contribution >= 4 is 29.2 Å². The summed E-state index contributed by atoms with van der Waals surface area (Å²) in [6, 6.07) is 18.1. The van der Waals surface area contributed by atoms with E-state index in [1.54, 1.807) is 35.0 Å². The Morgan fingerprint density at radius 3 is 2.58 bits per heavy atom. The van der Waals surface area contributed by atoms with Gasteiger partial charge in [-0.15, -0.1) is 0 Å². The van der Waals surface area contributed by atoms with Crippen molar-refractivity contribution in [2.24, 2.45) is 0 Å². The Morgan fingerprint density at radius 1 is 1.06 bits per heavy atom. The SMILES string of the molecule is O=C1CN(C(=O)COC(=O)c2cc(C3CC3)nn2-c2ccccc2)c2ccccc2N1. The molecule has 2 amide bonds. The van der Waals surface area contributed by atoms with Crippen molar-refractivity contribution < 1.29 is 19.1 Å². The summed E-state index contributed by atoms with van der Waals surface area (Å²) in [4.78, 5) is 38.9. The fourth-order valence-corrected chi connectivity index (χ4v) is 3.62. The van der Waals surface area contributed by atoms with Crippen molar-refractivity contribution in [3.63, 3.8) is 0 Å². The van der Waals surface area contributed by atoms with E-state index in [0.29, 0.717) is 17.3 Å². The zero-order valence-electron chi connectivity index (χ0n) is 16.7. The fourth-order valence-electron chi connectivity index (χ4n) is 3.62. The van der Waals surface area contributed by atoms with E-state index in [2.05, 4.69) is 10.4 Å². The van der Waals surface area contributed by atoms with Crippen LogP contribution < -0.4 is 10.2 Å². The molecule has 1 aliphatic carbocycles.